The Kier molecular flexibility index (Phi) is 4.37. The van der Waals surface area contributed by atoms with Crippen LogP contribution in [0.15, 0.2) is 29.2 Å². The van der Waals surface area contributed by atoms with Crippen molar-refractivity contribution in [2.75, 3.05) is 11.9 Å². The van der Waals surface area contributed by atoms with Gasteiger partial charge in [0.05, 0.1) is 11.7 Å². The predicted octanol–water partition coefficient (Wildman–Crippen LogP) is 3.15. The van der Waals surface area contributed by atoms with Gasteiger partial charge in [-0.3, -0.25) is 9.78 Å². The lowest BCUT2D eigenvalue weighted by molar-refractivity contribution is 0.366. The van der Waals surface area contributed by atoms with Gasteiger partial charge in [-0.15, -0.1) is 0 Å². The van der Waals surface area contributed by atoms with E-state index in [0.29, 0.717) is 23.5 Å². The lowest BCUT2D eigenvalue weighted by Crippen LogP contribution is -2.24. The average molecular weight is 339 g/mol. The van der Waals surface area contributed by atoms with Gasteiger partial charge in [0.2, 0.25) is 5.95 Å². The van der Waals surface area contributed by atoms with Gasteiger partial charge >= 0.3 is 0 Å². The maximum absolute atomic E-state index is 12.3. The Hall–Kier alpha value is -2.63. The Bertz CT molecular complexity index is 942. The van der Waals surface area contributed by atoms with Gasteiger partial charge in [-0.2, -0.15) is 10.1 Å². The van der Waals surface area contributed by atoms with E-state index in [0.717, 1.165) is 6.42 Å². The first-order valence-corrected chi connectivity index (χ1v) is 8.53. The number of hydrogen-bond acceptors (Lipinski definition) is 4. The molecule has 0 aliphatic heterocycles. The van der Waals surface area contributed by atoms with Crippen molar-refractivity contribution >= 4 is 17.0 Å². The first-order chi connectivity index (χ1) is 11.7. The maximum atomic E-state index is 12.3. The Labute approximate surface area is 147 Å². The quantitative estimate of drug-likeness (QED) is 0.766. The van der Waals surface area contributed by atoms with E-state index >= 15 is 0 Å². The number of nitrogens with one attached hydrogen (secondary N) is 2. The normalized spacial score (nSPS) is 11.9. The highest BCUT2D eigenvalue weighted by Gasteiger charge is 2.19. The summed E-state index contributed by atoms with van der Waals surface area (Å²) in [4.78, 5) is 19.6. The molecule has 2 N–H and O–H groups in total. The molecule has 0 saturated heterocycles. The van der Waals surface area contributed by atoms with Crippen molar-refractivity contribution in [3.8, 4) is 0 Å². The van der Waals surface area contributed by atoms with Crippen molar-refractivity contribution in [1.29, 1.82) is 0 Å². The minimum absolute atomic E-state index is 0.172. The molecule has 0 fully saturated rings. The molecule has 1 aromatic carbocycles. The number of nitrogens with zero attached hydrogens (tertiary/aromatic N) is 3. The van der Waals surface area contributed by atoms with Crippen LogP contribution in [0.25, 0.3) is 11.0 Å². The van der Waals surface area contributed by atoms with Gasteiger partial charge in [0, 0.05) is 6.54 Å². The fraction of sp³-hybridized carbons (Fsp3) is 0.421. The van der Waals surface area contributed by atoms with Gasteiger partial charge in [0.1, 0.15) is 5.39 Å². The van der Waals surface area contributed by atoms with Crippen molar-refractivity contribution in [2.24, 2.45) is 0 Å². The molecule has 0 amide bonds. The molecule has 132 valence electrons. The van der Waals surface area contributed by atoms with E-state index in [4.69, 9.17) is 0 Å². The third-order valence-electron chi connectivity index (χ3n) is 4.06. The minimum atomic E-state index is -0.237. The summed E-state index contributed by atoms with van der Waals surface area (Å²) >= 11 is 0. The van der Waals surface area contributed by atoms with E-state index in [1.807, 2.05) is 20.8 Å². The average Bonchev–Trinajstić information content (AvgIpc) is 2.90. The lowest BCUT2D eigenvalue weighted by atomic mass is 10.1. The van der Waals surface area contributed by atoms with Crippen molar-refractivity contribution in [3.63, 3.8) is 0 Å². The SMILES string of the molecule is Cc1cc(C)cc(CCNc2nc3c(cnn3C(C)(C)C)c(=O)[nH]2)c1. The van der Waals surface area contributed by atoms with Crippen LogP contribution < -0.4 is 10.9 Å². The highest BCUT2D eigenvalue weighted by molar-refractivity contribution is 5.74. The largest absolute Gasteiger partial charge is 0.355 e. The van der Waals surface area contributed by atoms with Crippen LogP contribution in [0.5, 0.6) is 0 Å². The fourth-order valence-electron chi connectivity index (χ4n) is 3.03. The summed E-state index contributed by atoms with van der Waals surface area (Å²) < 4.78 is 1.78. The Balaban J connectivity index is 1.81. The molecule has 25 heavy (non-hydrogen) atoms. The maximum Gasteiger partial charge on any atom is 0.263 e. The van der Waals surface area contributed by atoms with E-state index in [1.54, 1.807) is 10.9 Å². The first kappa shape index (κ1) is 17.2. The molecule has 3 aromatic rings. The van der Waals surface area contributed by atoms with Gasteiger partial charge < -0.3 is 5.32 Å². The Morgan fingerprint density at radius 3 is 2.48 bits per heavy atom. The van der Waals surface area contributed by atoms with Crippen LogP contribution in [0, 0.1) is 13.8 Å². The number of benzene rings is 1. The van der Waals surface area contributed by atoms with Gasteiger partial charge in [-0.05, 0) is 46.6 Å². The van der Waals surface area contributed by atoms with Crippen molar-refractivity contribution in [1.82, 2.24) is 19.7 Å². The second-order valence-corrected chi connectivity index (χ2v) is 7.55. The monoisotopic (exact) mass is 339 g/mol. The van der Waals surface area contributed by atoms with Crippen LogP contribution in [0.2, 0.25) is 0 Å². The molecule has 0 aliphatic rings. The zero-order valence-electron chi connectivity index (χ0n) is 15.5. The van der Waals surface area contributed by atoms with E-state index in [2.05, 4.69) is 52.4 Å². The summed E-state index contributed by atoms with van der Waals surface area (Å²) in [6, 6.07) is 6.53. The molecule has 0 bridgehead atoms. The molecule has 0 radical (unpaired) electrons. The van der Waals surface area contributed by atoms with E-state index in [9.17, 15) is 4.79 Å². The predicted molar refractivity (Wildman–Crippen MR) is 101 cm³/mol. The smallest absolute Gasteiger partial charge is 0.263 e. The summed E-state index contributed by atoms with van der Waals surface area (Å²) in [5, 5.41) is 8.06. The van der Waals surface area contributed by atoms with E-state index in [-0.39, 0.29) is 11.1 Å². The second-order valence-electron chi connectivity index (χ2n) is 7.55. The molecule has 0 spiro atoms. The molecule has 6 heteroatoms. The molecule has 0 unspecified atom stereocenters. The molecule has 6 nitrogen and oxygen atoms in total. The number of fused-ring (bicyclic) bond motifs is 1. The highest BCUT2D eigenvalue weighted by Crippen LogP contribution is 2.18. The second kappa shape index (κ2) is 6.35. The summed E-state index contributed by atoms with van der Waals surface area (Å²) in [5.41, 5.74) is 3.99. The Morgan fingerprint density at radius 1 is 1.16 bits per heavy atom. The van der Waals surface area contributed by atoms with Gasteiger partial charge in [-0.25, -0.2) is 4.68 Å². The fourth-order valence-corrected chi connectivity index (χ4v) is 3.03. The van der Waals surface area contributed by atoms with Gasteiger partial charge in [-0.1, -0.05) is 29.3 Å². The van der Waals surface area contributed by atoms with Crippen LogP contribution in [0.4, 0.5) is 5.95 Å². The number of aromatic amines is 1. The number of aromatic nitrogens is 4. The lowest BCUT2D eigenvalue weighted by Gasteiger charge is -2.19. The summed E-state index contributed by atoms with van der Waals surface area (Å²) in [6.45, 7) is 11.0. The van der Waals surface area contributed by atoms with Gasteiger partial charge in [0.25, 0.3) is 5.56 Å². The number of aryl methyl sites for hydroxylation is 2. The number of rotatable bonds is 4. The minimum Gasteiger partial charge on any atom is -0.355 e. The Morgan fingerprint density at radius 2 is 1.84 bits per heavy atom. The molecule has 3 rings (SSSR count). The number of hydrogen-bond donors (Lipinski definition) is 2. The van der Waals surface area contributed by atoms with Crippen LogP contribution in [-0.2, 0) is 12.0 Å². The topological polar surface area (TPSA) is 75.6 Å². The number of anilines is 1. The molecular weight excluding hydrogens is 314 g/mol. The standard InChI is InChI=1S/C19H25N5O/c1-12-8-13(2)10-14(9-12)6-7-20-18-22-16-15(17(25)23-18)11-21-24(16)19(3,4)5/h8-11H,6-7H2,1-5H3,(H2,20,22,23,25). The molecule has 0 atom stereocenters. The number of H-pyrrole nitrogens is 1. The van der Waals surface area contributed by atoms with E-state index < -0.39 is 0 Å². The molecule has 2 aromatic heterocycles. The summed E-state index contributed by atoms with van der Waals surface area (Å²) in [5.74, 6) is 0.480. The van der Waals surface area contributed by atoms with Crippen LogP contribution in [-0.4, -0.2) is 26.3 Å². The summed E-state index contributed by atoms with van der Waals surface area (Å²) in [7, 11) is 0. The summed E-state index contributed by atoms with van der Waals surface area (Å²) in [6.07, 6.45) is 2.44. The van der Waals surface area contributed by atoms with Crippen LogP contribution in [0.3, 0.4) is 0 Å². The molecule has 0 aliphatic carbocycles. The first-order valence-electron chi connectivity index (χ1n) is 8.53. The van der Waals surface area contributed by atoms with Crippen LogP contribution >= 0.6 is 0 Å². The molecule has 2 heterocycles. The third kappa shape index (κ3) is 3.73. The van der Waals surface area contributed by atoms with Gasteiger partial charge in [0.15, 0.2) is 5.65 Å². The van der Waals surface area contributed by atoms with Crippen LogP contribution in [0.1, 0.15) is 37.5 Å². The van der Waals surface area contributed by atoms with Crippen molar-refractivity contribution in [3.05, 3.63) is 51.4 Å². The van der Waals surface area contributed by atoms with Crippen molar-refractivity contribution in [2.45, 2.75) is 46.6 Å². The van der Waals surface area contributed by atoms with E-state index in [1.165, 1.54) is 16.7 Å². The zero-order chi connectivity index (χ0) is 18.2. The van der Waals surface area contributed by atoms with Crippen molar-refractivity contribution < 1.29 is 0 Å². The highest BCUT2D eigenvalue weighted by atomic mass is 16.1. The molecular formula is C19H25N5O. The zero-order valence-corrected chi connectivity index (χ0v) is 15.5. The molecule has 0 saturated carbocycles. The third-order valence-corrected chi connectivity index (χ3v) is 4.06.